The van der Waals surface area contributed by atoms with Crippen molar-refractivity contribution in [2.75, 3.05) is 13.2 Å². The summed E-state index contributed by atoms with van der Waals surface area (Å²) < 4.78 is 13.5. The van der Waals surface area contributed by atoms with E-state index in [1.165, 1.54) is 0 Å². The number of ether oxygens (including phenoxy) is 2. The largest absolute Gasteiger partial charge is 0.486 e. The van der Waals surface area contributed by atoms with Crippen molar-refractivity contribution >= 4 is 17.2 Å². The molecular weight excluding hydrogens is 410 g/mol. The predicted octanol–water partition coefficient (Wildman–Crippen LogP) is 4.23. The Balaban J connectivity index is 1.32. The van der Waals surface area contributed by atoms with Crippen molar-refractivity contribution in [3.05, 3.63) is 89.4 Å². The molecule has 0 radical (unpaired) electrons. The Hall–Kier alpha value is -3.58. The molecule has 0 saturated carbocycles. The first kappa shape index (κ1) is 19.4. The van der Waals surface area contributed by atoms with Crippen LogP contribution in [0.2, 0.25) is 0 Å². The summed E-state index contributed by atoms with van der Waals surface area (Å²) in [6, 6.07) is 21.6. The number of fused-ring (bicyclic) bond motifs is 1. The molecule has 156 valence electrons. The van der Waals surface area contributed by atoms with Gasteiger partial charge in [-0.05, 0) is 29.1 Å². The van der Waals surface area contributed by atoms with Crippen molar-refractivity contribution in [1.82, 2.24) is 15.1 Å². The fourth-order valence-electron chi connectivity index (χ4n) is 3.50. The Kier molecular flexibility index (Phi) is 5.41. The monoisotopic (exact) mass is 431 g/mol. The molecule has 3 heterocycles. The number of carbonyl (C=O) groups excluding carboxylic acids is 1. The molecule has 0 unspecified atom stereocenters. The summed E-state index contributed by atoms with van der Waals surface area (Å²) in [6.07, 6.45) is 1.56. The minimum atomic E-state index is -0.247. The summed E-state index contributed by atoms with van der Waals surface area (Å²) in [5.74, 6) is 1.25. The number of thiophene rings is 1. The number of hydrogen-bond donors (Lipinski definition) is 1. The molecule has 0 fully saturated rings. The van der Waals surface area contributed by atoms with Gasteiger partial charge in [0.25, 0.3) is 5.91 Å². The summed E-state index contributed by atoms with van der Waals surface area (Å²) >= 11 is 1.57. The van der Waals surface area contributed by atoms with Crippen LogP contribution in [0.15, 0.2) is 78.3 Å². The van der Waals surface area contributed by atoms with E-state index in [4.69, 9.17) is 14.6 Å². The number of aromatic nitrogens is 2. The lowest BCUT2D eigenvalue weighted by atomic mass is 10.2. The molecule has 2 aromatic heterocycles. The second kappa shape index (κ2) is 8.65. The molecule has 4 aromatic rings. The fraction of sp³-hybridized carbons (Fsp3) is 0.167. The van der Waals surface area contributed by atoms with Crippen LogP contribution in [0.5, 0.6) is 11.5 Å². The van der Waals surface area contributed by atoms with Crippen molar-refractivity contribution in [3.63, 3.8) is 0 Å². The lowest BCUT2D eigenvalue weighted by Gasteiger charge is -2.26. The quantitative estimate of drug-likeness (QED) is 0.496. The van der Waals surface area contributed by atoms with E-state index < -0.39 is 0 Å². The first-order chi connectivity index (χ1) is 15.3. The van der Waals surface area contributed by atoms with Crippen molar-refractivity contribution < 1.29 is 14.3 Å². The van der Waals surface area contributed by atoms with Gasteiger partial charge in [0, 0.05) is 6.20 Å². The molecule has 1 aliphatic heterocycles. The van der Waals surface area contributed by atoms with Gasteiger partial charge >= 0.3 is 0 Å². The lowest BCUT2D eigenvalue weighted by molar-refractivity contribution is 0.0789. The second-order valence-electron chi connectivity index (χ2n) is 7.26. The highest BCUT2D eigenvalue weighted by atomic mass is 32.1. The number of para-hydroxylation sites is 2. The van der Waals surface area contributed by atoms with Crippen LogP contribution < -0.4 is 14.8 Å². The second-order valence-corrected chi connectivity index (χ2v) is 8.21. The standard InChI is InChI=1S/C24H21N3O3S/c28-24(25-13-18-16-29-20-9-4-5-10-21(20)30-18)19-15-27(14-17-7-2-1-3-8-17)26-23(19)22-11-6-12-31-22/h1-12,15,18H,13-14,16H2,(H,25,28)/t18-/m1/s1. The average Bonchev–Trinajstić information content (AvgIpc) is 3.48. The van der Waals surface area contributed by atoms with Crippen molar-refractivity contribution in [3.8, 4) is 22.1 Å². The number of nitrogens with one attached hydrogen (secondary N) is 1. The van der Waals surface area contributed by atoms with E-state index in [0.29, 0.717) is 36.7 Å². The van der Waals surface area contributed by atoms with Gasteiger partial charge in [-0.2, -0.15) is 5.10 Å². The third-order valence-electron chi connectivity index (χ3n) is 5.01. The van der Waals surface area contributed by atoms with Gasteiger partial charge in [-0.25, -0.2) is 0 Å². The first-order valence-corrected chi connectivity index (χ1v) is 11.0. The highest BCUT2D eigenvalue weighted by molar-refractivity contribution is 7.13. The van der Waals surface area contributed by atoms with Gasteiger partial charge in [0.05, 0.1) is 23.5 Å². The van der Waals surface area contributed by atoms with E-state index >= 15 is 0 Å². The zero-order valence-corrected chi connectivity index (χ0v) is 17.5. The van der Waals surface area contributed by atoms with Crippen LogP contribution in [0.3, 0.4) is 0 Å². The minimum Gasteiger partial charge on any atom is -0.486 e. The Morgan fingerprint density at radius 2 is 1.87 bits per heavy atom. The summed E-state index contributed by atoms with van der Waals surface area (Å²) in [6.45, 7) is 1.34. The molecule has 0 aliphatic carbocycles. The number of carbonyl (C=O) groups is 1. The summed E-state index contributed by atoms with van der Waals surface area (Å²) in [4.78, 5) is 14.0. The summed E-state index contributed by atoms with van der Waals surface area (Å²) in [5, 5.41) is 9.67. The molecule has 6 nitrogen and oxygen atoms in total. The van der Waals surface area contributed by atoms with Crippen LogP contribution in [0, 0.1) is 0 Å². The number of benzene rings is 2. The van der Waals surface area contributed by atoms with Crippen molar-refractivity contribution in [2.24, 2.45) is 0 Å². The number of rotatable bonds is 6. The van der Waals surface area contributed by atoms with E-state index in [1.807, 2.05) is 83.0 Å². The SMILES string of the molecule is O=C(NC[C@@H]1COc2ccccc2O1)c1cn(Cc2ccccc2)nc1-c1cccs1. The molecule has 5 rings (SSSR count). The van der Waals surface area contributed by atoms with E-state index in [9.17, 15) is 4.79 Å². The van der Waals surface area contributed by atoms with Gasteiger partial charge in [0.1, 0.15) is 18.4 Å². The molecule has 0 spiro atoms. The van der Waals surface area contributed by atoms with Crippen LogP contribution in [-0.4, -0.2) is 34.9 Å². The Labute approximate surface area is 184 Å². The maximum absolute atomic E-state index is 13.1. The van der Waals surface area contributed by atoms with Gasteiger partial charge in [-0.1, -0.05) is 48.5 Å². The van der Waals surface area contributed by atoms with Gasteiger partial charge in [0.2, 0.25) is 0 Å². The van der Waals surface area contributed by atoms with Crippen molar-refractivity contribution in [2.45, 2.75) is 12.6 Å². The smallest absolute Gasteiger partial charge is 0.255 e. The summed E-state index contributed by atoms with van der Waals surface area (Å²) in [7, 11) is 0. The van der Waals surface area contributed by atoms with Gasteiger partial charge in [0.15, 0.2) is 11.5 Å². The lowest BCUT2D eigenvalue weighted by Crippen LogP contribution is -2.40. The number of hydrogen-bond acceptors (Lipinski definition) is 5. The molecule has 31 heavy (non-hydrogen) atoms. The Morgan fingerprint density at radius 1 is 1.06 bits per heavy atom. The molecular formula is C24H21N3O3S. The van der Waals surface area contributed by atoms with E-state index in [2.05, 4.69) is 5.32 Å². The Morgan fingerprint density at radius 3 is 2.68 bits per heavy atom. The van der Waals surface area contributed by atoms with Crippen molar-refractivity contribution in [1.29, 1.82) is 0 Å². The predicted molar refractivity (Wildman–Crippen MR) is 120 cm³/mol. The van der Waals surface area contributed by atoms with Crippen LogP contribution in [-0.2, 0) is 6.54 Å². The van der Waals surface area contributed by atoms with Crippen LogP contribution in [0.1, 0.15) is 15.9 Å². The Bertz CT molecular complexity index is 1170. The maximum Gasteiger partial charge on any atom is 0.255 e. The number of nitrogens with zero attached hydrogens (tertiary/aromatic N) is 2. The zero-order chi connectivity index (χ0) is 21.0. The number of amides is 1. The van der Waals surface area contributed by atoms with E-state index in [0.717, 1.165) is 16.2 Å². The fourth-order valence-corrected chi connectivity index (χ4v) is 4.22. The third kappa shape index (κ3) is 4.32. The molecule has 1 amide bonds. The summed E-state index contributed by atoms with van der Waals surface area (Å²) in [5.41, 5.74) is 2.37. The highest BCUT2D eigenvalue weighted by Gasteiger charge is 2.23. The maximum atomic E-state index is 13.1. The molecule has 1 aliphatic rings. The topological polar surface area (TPSA) is 65.4 Å². The van der Waals surface area contributed by atoms with Gasteiger partial charge in [-0.3, -0.25) is 9.48 Å². The molecule has 0 bridgehead atoms. The zero-order valence-electron chi connectivity index (χ0n) is 16.7. The molecule has 1 N–H and O–H groups in total. The van der Waals surface area contributed by atoms with Crippen LogP contribution >= 0.6 is 11.3 Å². The van der Waals surface area contributed by atoms with Crippen LogP contribution in [0.25, 0.3) is 10.6 Å². The van der Waals surface area contributed by atoms with Crippen LogP contribution in [0.4, 0.5) is 0 Å². The molecule has 1 atom stereocenters. The third-order valence-corrected chi connectivity index (χ3v) is 5.88. The molecule has 0 saturated heterocycles. The average molecular weight is 432 g/mol. The normalized spacial score (nSPS) is 14.9. The van der Waals surface area contributed by atoms with Gasteiger partial charge < -0.3 is 14.8 Å². The van der Waals surface area contributed by atoms with E-state index in [1.54, 1.807) is 11.3 Å². The highest BCUT2D eigenvalue weighted by Crippen LogP contribution is 2.31. The minimum absolute atomic E-state index is 0.176. The van der Waals surface area contributed by atoms with Gasteiger partial charge in [-0.15, -0.1) is 11.3 Å². The molecule has 2 aromatic carbocycles. The first-order valence-electron chi connectivity index (χ1n) is 10.1. The van der Waals surface area contributed by atoms with E-state index in [-0.39, 0.29) is 12.0 Å². The molecule has 7 heteroatoms.